The van der Waals surface area contributed by atoms with Crippen LogP contribution >= 0.6 is 0 Å². The second-order valence-corrected chi connectivity index (χ2v) is 10.6. The van der Waals surface area contributed by atoms with Crippen molar-refractivity contribution in [2.45, 2.75) is 24.3 Å². The number of nitrogens with two attached hydrogens (primary N) is 1. The summed E-state index contributed by atoms with van der Waals surface area (Å²) in [5.41, 5.74) is 3.91. The van der Waals surface area contributed by atoms with E-state index in [-0.39, 0.29) is 35.3 Å². The van der Waals surface area contributed by atoms with Crippen molar-refractivity contribution in [1.82, 2.24) is 15.3 Å². The van der Waals surface area contributed by atoms with E-state index in [1.165, 1.54) is 36.0 Å². The number of ether oxygens (including phenoxy) is 1. The van der Waals surface area contributed by atoms with Crippen LogP contribution in [0.4, 0.5) is 16.0 Å². The highest BCUT2D eigenvalue weighted by atomic mass is 32.2. The molecule has 39 heavy (non-hydrogen) atoms. The van der Waals surface area contributed by atoms with Gasteiger partial charge in [-0.3, -0.25) is 4.79 Å². The third-order valence-electron chi connectivity index (χ3n) is 6.35. The molecule has 0 unspecified atom stereocenters. The third-order valence-corrected chi connectivity index (χ3v) is 7.28. The van der Waals surface area contributed by atoms with Crippen LogP contribution in [0.5, 0.6) is 5.88 Å². The molecule has 2 heterocycles. The Kier molecular flexibility index (Phi) is 7.53. The van der Waals surface area contributed by atoms with Gasteiger partial charge in [-0.25, -0.2) is 22.9 Å². The highest BCUT2D eigenvalue weighted by molar-refractivity contribution is 7.89. The standard InChI is InChI=1S/C28H26FN5O4S/c29-22-9-5-20(6-10-22)18-38-27-24(17-32-28(33-27)34-16-14-21-3-1-2-4-25(21)34)26(35)31-15-13-19-7-11-23(12-8-19)39(30,36)37/h1-12,17H,13-16,18H2,(H,31,35)(H2,30,36,37). The molecular weight excluding hydrogens is 521 g/mol. The molecule has 4 aromatic rings. The molecule has 200 valence electrons. The minimum absolute atomic E-state index is 0.0242. The van der Waals surface area contributed by atoms with Crippen LogP contribution in [0.15, 0.2) is 83.9 Å². The normalized spacial score (nSPS) is 12.7. The van der Waals surface area contributed by atoms with Gasteiger partial charge in [-0.15, -0.1) is 0 Å². The molecule has 1 amide bonds. The summed E-state index contributed by atoms with van der Waals surface area (Å²) in [4.78, 5) is 24.2. The molecule has 1 aromatic heterocycles. The Morgan fingerprint density at radius 2 is 1.74 bits per heavy atom. The number of anilines is 2. The van der Waals surface area contributed by atoms with Gasteiger partial charge in [0.05, 0.1) is 4.90 Å². The van der Waals surface area contributed by atoms with E-state index in [2.05, 4.69) is 21.4 Å². The van der Waals surface area contributed by atoms with Gasteiger partial charge in [-0.05, 0) is 59.9 Å². The van der Waals surface area contributed by atoms with Crippen LogP contribution in [0.2, 0.25) is 0 Å². The first kappa shape index (κ1) is 26.3. The first-order valence-corrected chi connectivity index (χ1v) is 13.8. The number of carbonyl (C=O) groups is 1. The second kappa shape index (κ2) is 11.2. The highest BCUT2D eigenvalue weighted by Crippen LogP contribution is 2.33. The minimum Gasteiger partial charge on any atom is -0.472 e. The molecule has 3 N–H and O–H groups in total. The van der Waals surface area contributed by atoms with E-state index in [0.29, 0.717) is 18.9 Å². The summed E-state index contributed by atoms with van der Waals surface area (Å²) in [5.74, 6) is -0.238. The molecule has 0 bridgehead atoms. The van der Waals surface area contributed by atoms with Crippen LogP contribution < -0.4 is 20.1 Å². The molecule has 0 radical (unpaired) electrons. The van der Waals surface area contributed by atoms with Crippen molar-refractivity contribution in [3.63, 3.8) is 0 Å². The number of para-hydroxylation sites is 1. The molecule has 0 spiro atoms. The number of benzene rings is 3. The predicted molar refractivity (Wildman–Crippen MR) is 144 cm³/mol. The quantitative estimate of drug-likeness (QED) is 0.328. The zero-order valence-electron chi connectivity index (χ0n) is 20.9. The summed E-state index contributed by atoms with van der Waals surface area (Å²) in [6.07, 6.45) is 2.76. The van der Waals surface area contributed by atoms with Gasteiger partial charge in [-0.1, -0.05) is 42.5 Å². The lowest BCUT2D eigenvalue weighted by Gasteiger charge is -2.19. The van der Waals surface area contributed by atoms with Crippen molar-refractivity contribution >= 4 is 27.6 Å². The van der Waals surface area contributed by atoms with E-state index in [1.807, 2.05) is 23.1 Å². The Morgan fingerprint density at radius 1 is 1.03 bits per heavy atom. The lowest BCUT2D eigenvalue weighted by molar-refractivity contribution is 0.0948. The highest BCUT2D eigenvalue weighted by Gasteiger charge is 2.24. The summed E-state index contributed by atoms with van der Waals surface area (Å²) in [6, 6.07) is 20.0. The SMILES string of the molecule is NS(=O)(=O)c1ccc(CCNC(=O)c2cnc(N3CCc4ccccc43)nc2OCc2ccc(F)cc2)cc1. The van der Waals surface area contributed by atoms with Crippen molar-refractivity contribution in [2.75, 3.05) is 18.0 Å². The topological polar surface area (TPSA) is 128 Å². The summed E-state index contributed by atoms with van der Waals surface area (Å²) in [6.45, 7) is 1.07. The lowest BCUT2D eigenvalue weighted by atomic mass is 10.1. The van der Waals surface area contributed by atoms with Gasteiger partial charge in [0.25, 0.3) is 5.91 Å². The number of hydrogen-bond acceptors (Lipinski definition) is 7. The van der Waals surface area contributed by atoms with Crippen LogP contribution in [0.3, 0.4) is 0 Å². The number of nitrogens with zero attached hydrogens (tertiary/aromatic N) is 3. The van der Waals surface area contributed by atoms with Gasteiger partial charge in [0.15, 0.2) is 0 Å². The van der Waals surface area contributed by atoms with Crippen molar-refractivity contribution in [3.05, 3.63) is 107 Å². The number of primary sulfonamides is 1. The zero-order chi connectivity index (χ0) is 27.4. The number of hydrogen-bond donors (Lipinski definition) is 2. The maximum absolute atomic E-state index is 13.3. The number of carbonyl (C=O) groups excluding carboxylic acids is 1. The number of fused-ring (bicyclic) bond motifs is 1. The Hall–Kier alpha value is -4.35. The van der Waals surface area contributed by atoms with Crippen molar-refractivity contribution in [1.29, 1.82) is 0 Å². The fourth-order valence-electron chi connectivity index (χ4n) is 4.29. The Balaban J connectivity index is 1.33. The number of halogens is 1. The van der Waals surface area contributed by atoms with Crippen molar-refractivity contribution in [2.24, 2.45) is 5.14 Å². The van der Waals surface area contributed by atoms with Gasteiger partial charge in [0.2, 0.25) is 21.9 Å². The van der Waals surface area contributed by atoms with Crippen LogP contribution in [0.1, 0.15) is 27.0 Å². The molecule has 0 saturated heterocycles. The summed E-state index contributed by atoms with van der Waals surface area (Å²) < 4.78 is 42.2. The van der Waals surface area contributed by atoms with E-state index in [4.69, 9.17) is 9.88 Å². The largest absolute Gasteiger partial charge is 0.472 e. The monoisotopic (exact) mass is 547 g/mol. The summed E-state index contributed by atoms with van der Waals surface area (Å²) >= 11 is 0. The Morgan fingerprint density at radius 3 is 2.49 bits per heavy atom. The fraction of sp³-hybridized carbons (Fsp3) is 0.179. The predicted octanol–water partition coefficient (Wildman–Crippen LogP) is 3.51. The van der Waals surface area contributed by atoms with E-state index >= 15 is 0 Å². The third kappa shape index (κ3) is 6.21. The second-order valence-electron chi connectivity index (χ2n) is 9.03. The summed E-state index contributed by atoms with van der Waals surface area (Å²) in [5, 5.41) is 7.98. The van der Waals surface area contributed by atoms with Crippen LogP contribution in [0.25, 0.3) is 0 Å². The molecule has 1 aliphatic heterocycles. The van der Waals surface area contributed by atoms with Gasteiger partial charge in [0, 0.05) is 25.0 Å². The zero-order valence-corrected chi connectivity index (χ0v) is 21.7. The maximum atomic E-state index is 13.3. The molecule has 0 saturated carbocycles. The average Bonchev–Trinajstić information content (AvgIpc) is 3.37. The first-order valence-electron chi connectivity index (χ1n) is 12.3. The minimum atomic E-state index is -3.77. The maximum Gasteiger partial charge on any atom is 0.258 e. The number of nitrogens with one attached hydrogen (secondary N) is 1. The van der Waals surface area contributed by atoms with E-state index < -0.39 is 15.9 Å². The molecule has 11 heteroatoms. The van der Waals surface area contributed by atoms with Crippen LogP contribution in [-0.2, 0) is 29.5 Å². The van der Waals surface area contributed by atoms with E-state index in [0.717, 1.165) is 23.2 Å². The average molecular weight is 548 g/mol. The fourth-order valence-corrected chi connectivity index (χ4v) is 4.81. The number of sulfonamides is 1. The smallest absolute Gasteiger partial charge is 0.258 e. The molecule has 1 aliphatic rings. The van der Waals surface area contributed by atoms with Gasteiger partial charge < -0.3 is 15.0 Å². The van der Waals surface area contributed by atoms with Crippen molar-refractivity contribution in [3.8, 4) is 5.88 Å². The van der Waals surface area contributed by atoms with E-state index in [9.17, 15) is 17.6 Å². The molecule has 3 aromatic carbocycles. The van der Waals surface area contributed by atoms with Gasteiger partial charge in [-0.2, -0.15) is 4.98 Å². The lowest BCUT2D eigenvalue weighted by Crippen LogP contribution is -2.27. The Labute approximate surface area is 225 Å². The molecular formula is C28H26FN5O4S. The number of aromatic nitrogens is 2. The number of rotatable bonds is 9. The van der Waals surface area contributed by atoms with Crippen LogP contribution in [0, 0.1) is 5.82 Å². The molecule has 9 nitrogen and oxygen atoms in total. The van der Waals surface area contributed by atoms with E-state index in [1.54, 1.807) is 24.3 Å². The summed E-state index contributed by atoms with van der Waals surface area (Å²) in [7, 11) is -3.77. The molecule has 5 rings (SSSR count). The van der Waals surface area contributed by atoms with Gasteiger partial charge in [0.1, 0.15) is 18.0 Å². The van der Waals surface area contributed by atoms with Crippen molar-refractivity contribution < 1.29 is 22.3 Å². The number of amides is 1. The van der Waals surface area contributed by atoms with Gasteiger partial charge >= 0.3 is 0 Å². The first-order chi connectivity index (χ1) is 18.8. The van der Waals surface area contributed by atoms with Crippen LogP contribution in [-0.4, -0.2) is 37.4 Å². The molecule has 0 aliphatic carbocycles. The molecule has 0 atom stereocenters. The molecule has 0 fully saturated rings. The Bertz CT molecular complexity index is 1600.